The molecule has 0 bridgehead atoms. The van der Waals surface area contributed by atoms with Gasteiger partial charge < -0.3 is 14.5 Å². The second-order valence-corrected chi connectivity index (χ2v) is 10.2. The maximum atomic E-state index is 12.9. The molecule has 2 aromatic rings. The summed E-state index contributed by atoms with van der Waals surface area (Å²) in [4.78, 5) is 34.0. The van der Waals surface area contributed by atoms with E-state index in [1.165, 1.54) is 11.3 Å². The van der Waals surface area contributed by atoms with E-state index in [4.69, 9.17) is 4.74 Å². The van der Waals surface area contributed by atoms with Crippen molar-refractivity contribution in [2.24, 2.45) is 11.8 Å². The highest BCUT2D eigenvalue weighted by molar-refractivity contribution is 7.09. The van der Waals surface area contributed by atoms with Crippen LogP contribution in [0.4, 0.5) is 0 Å². The second kappa shape index (κ2) is 10.9. The van der Waals surface area contributed by atoms with E-state index in [9.17, 15) is 9.59 Å². The van der Waals surface area contributed by atoms with Gasteiger partial charge in [-0.1, -0.05) is 26.0 Å². The van der Waals surface area contributed by atoms with Crippen molar-refractivity contribution in [3.8, 4) is 5.75 Å². The molecule has 32 heavy (non-hydrogen) atoms. The van der Waals surface area contributed by atoms with Gasteiger partial charge in [-0.25, -0.2) is 4.98 Å². The van der Waals surface area contributed by atoms with Gasteiger partial charge in [-0.15, -0.1) is 11.3 Å². The lowest BCUT2D eigenvalue weighted by Crippen LogP contribution is -2.48. The van der Waals surface area contributed by atoms with E-state index in [0.29, 0.717) is 37.0 Å². The number of amides is 2. The van der Waals surface area contributed by atoms with Crippen molar-refractivity contribution < 1.29 is 14.3 Å². The molecule has 0 unspecified atom stereocenters. The molecule has 2 amide bonds. The number of likely N-dealkylation sites (N-methyl/N-ethyl adjacent to an activating group) is 1. The number of benzene rings is 1. The minimum absolute atomic E-state index is 0.0152. The van der Waals surface area contributed by atoms with Crippen molar-refractivity contribution in [3.63, 3.8) is 0 Å². The van der Waals surface area contributed by atoms with Crippen LogP contribution in [-0.4, -0.2) is 59.9 Å². The molecule has 0 radical (unpaired) electrons. The first-order valence-corrected chi connectivity index (χ1v) is 12.3. The second-order valence-electron chi connectivity index (χ2n) is 9.11. The monoisotopic (exact) mass is 457 g/mol. The number of thiazole rings is 1. The Morgan fingerprint density at radius 3 is 2.59 bits per heavy atom. The number of hydrogen-bond donors (Lipinski definition) is 0. The minimum Gasteiger partial charge on any atom is -0.497 e. The number of rotatable bonds is 8. The van der Waals surface area contributed by atoms with Gasteiger partial charge in [0.05, 0.1) is 12.1 Å². The Hall–Kier alpha value is -2.41. The third-order valence-corrected chi connectivity index (χ3v) is 7.04. The molecular formula is C25H35N3O3S. The molecule has 1 atom stereocenters. The van der Waals surface area contributed by atoms with Gasteiger partial charge >= 0.3 is 0 Å². The fraction of sp³-hybridized carbons (Fsp3) is 0.560. The molecule has 0 saturated carbocycles. The zero-order chi connectivity index (χ0) is 23.3. The molecule has 1 aliphatic rings. The summed E-state index contributed by atoms with van der Waals surface area (Å²) in [5.74, 6) is 1.69. The highest BCUT2D eigenvalue weighted by Crippen LogP contribution is 2.29. The van der Waals surface area contributed by atoms with Crippen molar-refractivity contribution >= 4 is 23.2 Å². The number of likely N-dealkylation sites (tertiary alicyclic amines) is 1. The van der Waals surface area contributed by atoms with E-state index in [1.807, 2.05) is 41.3 Å². The summed E-state index contributed by atoms with van der Waals surface area (Å²) in [5, 5.41) is 2.75. The van der Waals surface area contributed by atoms with Crippen LogP contribution in [0.1, 0.15) is 54.2 Å². The summed E-state index contributed by atoms with van der Waals surface area (Å²) in [6.45, 7) is 7.46. The van der Waals surface area contributed by atoms with Crippen molar-refractivity contribution in [2.45, 2.75) is 52.5 Å². The lowest BCUT2D eigenvalue weighted by Gasteiger charge is -2.40. The predicted molar refractivity (Wildman–Crippen MR) is 128 cm³/mol. The van der Waals surface area contributed by atoms with Crippen molar-refractivity contribution in [2.75, 3.05) is 27.2 Å². The summed E-state index contributed by atoms with van der Waals surface area (Å²) < 4.78 is 5.40. The normalized spacial score (nSPS) is 15.6. The third kappa shape index (κ3) is 6.09. The molecule has 2 heterocycles. The number of carbonyl (C=O) groups excluding carboxylic acids is 2. The Bertz CT molecular complexity index is 919. The number of methoxy groups -OCH3 is 1. The van der Waals surface area contributed by atoms with Gasteiger partial charge in [0.15, 0.2) is 0 Å². The van der Waals surface area contributed by atoms with Crippen LogP contribution in [0, 0.1) is 18.8 Å². The third-order valence-electron chi connectivity index (χ3n) is 6.26. The standard InChI is InChI=1S/C25H35N3O3S/c1-17(2)13-24(29)27(4)23(15-19-7-6-8-21(14-19)31-5)20-9-11-28(12-10-20)25(30)22-16-32-18(3)26-22/h6-8,14,16-17,20,23H,9-13,15H2,1-5H3/t23-/m1/s1. The highest BCUT2D eigenvalue weighted by atomic mass is 32.1. The number of aryl methyl sites for hydroxylation is 1. The molecule has 7 heteroatoms. The van der Waals surface area contributed by atoms with Gasteiger partial charge in [-0.2, -0.15) is 0 Å². The van der Waals surface area contributed by atoms with Crippen LogP contribution < -0.4 is 4.74 Å². The number of hydrogen-bond acceptors (Lipinski definition) is 5. The summed E-state index contributed by atoms with van der Waals surface area (Å²) >= 11 is 1.51. The fourth-order valence-electron chi connectivity index (χ4n) is 4.45. The molecule has 1 aliphatic heterocycles. The Morgan fingerprint density at radius 2 is 2.00 bits per heavy atom. The van der Waals surface area contributed by atoms with Gasteiger partial charge in [0.25, 0.3) is 5.91 Å². The molecule has 1 aromatic heterocycles. The molecule has 0 N–H and O–H groups in total. The van der Waals surface area contributed by atoms with Crippen molar-refractivity contribution in [1.82, 2.24) is 14.8 Å². The van der Waals surface area contributed by atoms with Crippen LogP contribution >= 0.6 is 11.3 Å². The van der Waals surface area contributed by atoms with E-state index < -0.39 is 0 Å². The first-order chi connectivity index (χ1) is 15.3. The number of piperidine rings is 1. The van der Waals surface area contributed by atoms with Crippen molar-refractivity contribution in [3.05, 3.63) is 45.9 Å². The van der Waals surface area contributed by atoms with E-state index in [-0.39, 0.29) is 17.9 Å². The molecule has 1 saturated heterocycles. The molecule has 174 valence electrons. The van der Waals surface area contributed by atoms with Gasteiger partial charge in [-0.3, -0.25) is 9.59 Å². The Balaban J connectivity index is 1.72. The smallest absolute Gasteiger partial charge is 0.273 e. The maximum Gasteiger partial charge on any atom is 0.273 e. The van der Waals surface area contributed by atoms with Gasteiger partial charge in [0.1, 0.15) is 11.4 Å². The predicted octanol–water partition coefficient (Wildman–Crippen LogP) is 4.43. The maximum absolute atomic E-state index is 12.9. The topological polar surface area (TPSA) is 62.7 Å². The summed E-state index contributed by atoms with van der Waals surface area (Å²) in [7, 11) is 3.61. The van der Waals surface area contributed by atoms with Gasteiger partial charge in [-0.05, 0) is 55.7 Å². The number of nitrogens with zero attached hydrogens (tertiary/aromatic N) is 3. The summed E-state index contributed by atoms with van der Waals surface area (Å²) in [6, 6.07) is 8.18. The first kappa shape index (κ1) is 24.2. The molecular weight excluding hydrogens is 422 g/mol. The number of aromatic nitrogens is 1. The average molecular weight is 458 g/mol. The van der Waals surface area contributed by atoms with E-state index in [2.05, 4.69) is 31.0 Å². The molecule has 1 fully saturated rings. The molecule has 3 rings (SSSR count). The molecule has 0 aliphatic carbocycles. The lowest BCUT2D eigenvalue weighted by molar-refractivity contribution is -0.134. The Morgan fingerprint density at radius 1 is 1.28 bits per heavy atom. The fourth-order valence-corrected chi connectivity index (χ4v) is 5.04. The zero-order valence-corrected chi connectivity index (χ0v) is 20.7. The first-order valence-electron chi connectivity index (χ1n) is 11.4. The van der Waals surface area contributed by atoms with Gasteiger partial charge in [0, 0.05) is 38.0 Å². The Labute approximate surface area is 195 Å². The number of ether oxygens (including phenoxy) is 1. The lowest BCUT2D eigenvalue weighted by atomic mass is 9.84. The van der Waals surface area contributed by atoms with Crippen LogP contribution in [0.2, 0.25) is 0 Å². The SMILES string of the molecule is COc1cccc(C[C@H](C2CCN(C(=O)c3csc(C)n3)CC2)N(C)C(=O)CC(C)C)c1. The summed E-state index contributed by atoms with van der Waals surface area (Å²) in [6.07, 6.45) is 3.08. The van der Waals surface area contributed by atoms with E-state index >= 15 is 0 Å². The van der Waals surface area contributed by atoms with Crippen LogP contribution in [-0.2, 0) is 11.2 Å². The van der Waals surface area contributed by atoms with Crippen LogP contribution in [0.15, 0.2) is 29.6 Å². The largest absolute Gasteiger partial charge is 0.497 e. The van der Waals surface area contributed by atoms with Crippen LogP contribution in [0.3, 0.4) is 0 Å². The number of carbonyl (C=O) groups is 2. The van der Waals surface area contributed by atoms with E-state index in [1.54, 1.807) is 7.11 Å². The highest BCUT2D eigenvalue weighted by Gasteiger charge is 2.33. The Kier molecular flexibility index (Phi) is 8.29. The summed E-state index contributed by atoms with van der Waals surface area (Å²) in [5.41, 5.74) is 1.71. The van der Waals surface area contributed by atoms with Crippen LogP contribution in [0.25, 0.3) is 0 Å². The molecule has 0 spiro atoms. The quantitative estimate of drug-likeness (QED) is 0.588. The van der Waals surface area contributed by atoms with E-state index in [0.717, 1.165) is 35.6 Å². The van der Waals surface area contributed by atoms with Gasteiger partial charge in [0.2, 0.25) is 5.91 Å². The van der Waals surface area contributed by atoms with Crippen LogP contribution in [0.5, 0.6) is 5.75 Å². The zero-order valence-electron chi connectivity index (χ0n) is 19.8. The minimum atomic E-state index is 0.0152. The molecule has 6 nitrogen and oxygen atoms in total. The average Bonchev–Trinajstić information content (AvgIpc) is 3.22. The molecule has 1 aromatic carbocycles. The van der Waals surface area contributed by atoms with Crippen molar-refractivity contribution in [1.29, 1.82) is 0 Å².